The number of hydrogen-bond donors (Lipinski definition) is 1. The predicted octanol–water partition coefficient (Wildman–Crippen LogP) is 3.09. The first-order valence-corrected chi connectivity index (χ1v) is 8.01. The van der Waals surface area contributed by atoms with Crippen molar-refractivity contribution in [1.82, 2.24) is 5.01 Å². The number of non-ortho nitro benzene ring substituents is 1. The van der Waals surface area contributed by atoms with Gasteiger partial charge in [0.25, 0.3) is 17.3 Å². The molecule has 1 aliphatic carbocycles. The second-order valence-corrected chi connectivity index (χ2v) is 6.67. The van der Waals surface area contributed by atoms with Gasteiger partial charge in [0, 0.05) is 23.4 Å². The minimum Gasteiger partial charge on any atom is -0.362 e. The van der Waals surface area contributed by atoms with Crippen LogP contribution in [0.3, 0.4) is 0 Å². The summed E-state index contributed by atoms with van der Waals surface area (Å²) in [7, 11) is 0. The van der Waals surface area contributed by atoms with Crippen molar-refractivity contribution in [3.8, 4) is 0 Å². The summed E-state index contributed by atoms with van der Waals surface area (Å²) in [4.78, 5) is 22.6. The molecular formula is C16H16F3N3O4. The van der Waals surface area contributed by atoms with Gasteiger partial charge in [-0.05, 0) is 37.3 Å². The number of hydrogen-bond acceptors (Lipinski definition) is 5. The van der Waals surface area contributed by atoms with Gasteiger partial charge >= 0.3 is 6.18 Å². The van der Waals surface area contributed by atoms with E-state index in [1.807, 2.05) is 0 Å². The van der Waals surface area contributed by atoms with Crippen LogP contribution in [0, 0.1) is 22.0 Å². The van der Waals surface area contributed by atoms with E-state index in [2.05, 4.69) is 5.10 Å². The molecule has 0 spiro atoms. The smallest absolute Gasteiger partial charge is 0.362 e. The predicted molar refractivity (Wildman–Crippen MR) is 84.2 cm³/mol. The van der Waals surface area contributed by atoms with Crippen LogP contribution < -0.4 is 0 Å². The molecule has 0 bridgehead atoms. The van der Waals surface area contributed by atoms with Crippen LogP contribution in [-0.2, 0) is 0 Å². The number of nitro groups is 1. The molecule has 1 aromatic rings. The number of alkyl halides is 3. The maximum atomic E-state index is 13.7. The molecule has 7 nitrogen and oxygen atoms in total. The molecule has 1 aromatic carbocycles. The lowest BCUT2D eigenvalue weighted by Crippen LogP contribution is -2.61. The number of carbonyl (C=O) groups excluding carboxylic acids is 1. The Morgan fingerprint density at radius 1 is 1.38 bits per heavy atom. The summed E-state index contributed by atoms with van der Waals surface area (Å²) in [6.07, 6.45) is -4.13. The lowest BCUT2D eigenvalue weighted by atomic mass is 9.76. The summed E-state index contributed by atoms with van der Waals surface area (Å²) >= 11 is 0. The van der Waals surface area contributed by atoms with Crippen LogP contribution in [0.4, 0.5) is 18.9 Å². The van der Waals surface area contributed by atoms with Crippen molar-refractivity contribution in [3.05, 3.63) is 39.9 Å². The molecule has 1 fully saturated rings. The highest BCUT2D eigenvalue weighted by Gasteiger charge is 2.68. The lowest BCUT2D eigenvalue weighted by Gasteiger charge is -2.39. The minimum atomic E-state index is -5.10. The Morgan fingerprint density at radius 2 is 2.00 bits per heavy atom. The molecule has 140 valence electrons. The Labute approximate surface area is 146 Å². The monoisotopic (exact) mass is 371 g/mol. The standard InChI is InChI=1S/C16H16F3N3O4/c1-9-2-7-13-12(8-9)15(24,16(17,18)19)21(20-13)14(23)10-3-5-11(6-4-10)22(25)26/h3-6,9,12,24H,2,7-8H2,1H3/t9-,12+,15-/m1/s1. The highest BCUT2D eigenvalue weighted by atomic mass is 19.4. The number of hydrazone groups is 1. The van der Waals surface area contributed by atoms with Crippen molar-refractivity contribution in [1.29, 1.82) is 0 Å². The fraction of sp³-hybridized carbons (Fsp3) is 0.500. The van der Waals surface area contributed by atoms with Gasteiger partial charge in [0.1, 0.15) is 0 Å². The third kappa shape index (κ3) is 2.74. The average Bonchev–Trinajstić information content (AvgIpc) is 2.88. The van der Waals surface area contributed by atoms with Crippen molar-refractivity contribution in [2.24, 2.45) is 16.9 Å². The normalized spacial score (nSPS) is 28.5. The second kappa shape index (κ2) is 6.04. The van der Waals surface area contributed by atoms with Crippen LogP contribution >= 0.6 is 0 Å². The molecule has 1 aliphatic heterocycles. The number of nitro benzene ring substituents is 1. The van der Waals surface area contributed by atoms with E-state index in [4.69, 9.17) is 0 Å². The minimum absolute atomic E-state index is 0.0396. The molecule has 10 heteroatoms. The number of fused-ring (bicyclic) bond motifs is 1. The maximum Gasteiger partial charge on any atom is 0.439 e. The molecule has 1 amide bonds. The number of rotatable bonds is 2. The Balaban J connectivity index is 2.00. The largest absolute Gasteiger partial charge is 0.439 e. The number of benzene rings is 1. The van der Waals surface area contributed by atoms with Crippen molar-refractivity contribution in [2.75, 3.05) is 0 Å². The highest BCUT2D eigenvalue weighted by Crippen LogP contribution is 2.49. The molecular weight excluding hydrogens is 355 g/mol. The van der Waals surface area contributed by atoms with E-state index in [0.717, 1.165) is 24.3 Å². The Morgan fingerprint density at radius 3 is 2.54 bits per heavy atom. The van der Waals surface area contributed by atoms with Gasteiger partial charge in [-0.3, -0.25) is 14.9 Å². The molecule has 0 radical (unpaired) electrons. The van der Waals surface area contributed by atoms with E-state index < -0.39 is 28.6 Å². The van der Waals surface area contributed by atoms with Crippen molar-refractivity contribution in [3.63, 3.8) is 0 Å². The second-order valence-electron chi connectivity index (χ2n) is 6.67. The summed E-state index contributed by atoms with van der Waals surface area (Å²) in [5.74, 6) is -2.51. The molecule has 1 saturated carbocycles. The van der Waals surface area contributed by atoms with E-state index in [1.54, 1.807) is 6.92 Å². The number of amides is 1. The molecule has 26 heavy (non-hydrogen) atoms. The number of carbonyl (C=O) groups is 1. The maximum absolute atomic E-state index is 13.7. The third-order valence-electron chi connectivity index (χ3n) is 4.91. The van der Waals surface area contributed by atoms with E-state index in [1.165, 1.54) is 0 Å². The first kappa shape index (κ1) is 18.3. The van der Waals surface area contributed by atoms with Gasteiger partial charge in [-0.25, -0.2) is 0 Å². The number of aliphatic hydroxyl groups is 1. The van der Waals surface area contributed by atoms with Gasteiger partial charge in [-0.1, -0.05) is 6.92 Å². The number of halogens is 3. The van der Waals surface area contributed by atoms with Gasteiger partial charge in [-0.2, -0.15) is 23.3 Å². The topological polar surface area (TPSA) is 96.0 Å². The summed E-state index contributed by atoms with van der Waals surface area (Å²) in [6, 6.07) is 4.11. The zero-order valence-electron chi connectivity index (χ0n) is 13.7. The lowest BCUT2D eigenvalue weighted by molar-refractivity contribution is -0.384. The molecule has 0 aromatic heterocycles. The van der Waals surface area contributed by atoms with Crippen LogP contribution in [0.5, 0.6) is 0 Å². The summed E-state index contributed by atoms with van der Waals surface area (Å²) in [5.41, 5.74) is -3.80. The molecule has 0 unspecified atom stereocenters. The summed E-state index contributed by atoms with van der Waals surface area (Å²) in [5, 5.41) is 25.1. The Hall–Kier alpha value is -2.49. The van der Waals surface area contributed by atoms with E-state index in [-0.39, 0.29) is 40.7 Å². The molecule has 1 heterocycles. The first-order chi connectivity index (χ1) is 12.1. The summed E-state index contributed by atoms with van der Waals surface area (Å²) in [6.45, 7) is 1.79. The van der Waals surface area contributed by atoms with Gasteiger partial charge in [0.2, 0.25) is 0 Å². The van der Waals surface area contributed by atoms with E-state index >= 15 is 0 Å². The number of nitrogens with zero attached hydrogens (tertiary/aromatic N) is 3. The Kier molecular flexibility index (Phi) is 4.26. The molecule has 3 rings (SSSR count). The quantitative estimate of drug-likeness (QED) is 0.638. The van der Waals surface area contributed by atoms with Crippen LogP contribution in [0.1, 0.15) is 36.5 Å². The van der Waals surface area contributed by atoms with Crippen LogP contribution in [0.15, 0.2) is 29.4 Å². The molecule has 1 N–H and O–H groups in total. The average molecular weight is 371 g/mol. The van der Waals surface area contributed by atoms with Crippen molar-refractivity contribution >= 4 is 17.3 Å². The zero-order valence-corrected chi connectivity index (χ0v) is 13.7. The SMILES string of the molecule is C[C@@H]1CCC2=NN(C(=O)c3ccc([N+](=O)[O-])cc3)[C@](O)(C(F)(F)F)[C@H]2C1. The first-order valence-electron chi connectivity index (χ1n) is 8.01. The van der Waals surface area contributed by atoms with Crippen LogP contribution in [-0.4, -0.2) is 38.6 Å². The van der Waals surface area contributed by atoms with Crippen molar-refractivity contribution < 1.29 is 28.0 Å². The Bertz CT molecular complexity index is 778. The van der Waals surface area contributed by atoms with Gasteiger partial charge in [0.15, 0.2) is 0 Å². The van der Waals surface area contributed by atoms with Crippen LogP contribution in [0.2, 0.25) is 0 Å². The van der Waals surface area contributed by atoms with E-state index in [0.29, 0.717) is 6.42 Å². The van der Waals surface area contributed by atoms with E-state index in [9.17, 15) is 33.2 Å². The fourth-order valence-electron chi connectivity index (χ4n) is 3.46. The van der Waals surface area contributed by atoms with Gasteiger partial charge < -0.3 is 5.11 Å². The highest BCUT2D eigenvalue weighted by molar-refractivity contribution is 5.99. The van der Waals surface area contributed by atoms with Crippen LogP contribution in [0.25, 0.3) is 0 Å². The fourth-order valence-corrected chi connectivity index (χ4v) is 3.46. The molecule has 3 atom stereocenters. The summed E-state index contributed by atoms with van der Waals surface area (Å²) < 4.78 is 41.2. The van der Waals surface area contributed by atoms with Gasteiger partial charge in [-0.15, -0.1) is 0 Å². The van der Waals surface area contributed by atoms with Crippen molar-refractivity contribution in [2.45, 2.75) is 38.1 Å². The third-order valence-corrected chi connectivity index (χ3v) is 4.91. The van der Waals surface area contributed by atoms with Gasteiger partial charge in [0.05, 0.1) is 10.8 Å². The molecule has 0 saturated heterocycles. The molecule has 2 aliphatic rings. The zero-order chi connectivity index (χ0) is 19.3.